The number of likely N-dealkylation sites (tertiary alicyclic amines) is 1. The second kappa shape index (κ2) is 22.3. The minimum absolute atomic E-state index is 0.0157. The van der Waals surface area contributed by atoms with Crippen LogP contribution in [-0.4, -0.2) is 138 Å². The smallest absolute Gasteiger partial charge is 0.263 e. The average molecular weight is 911 g/mol. The first-order chi connectivity index (χ1) is 31.5. The zero-order valence-electron chi connectivity index (χ0n) is 36.8. The van der Waals surface area contributed by atoms with Crippen LogP contribution in [-0.2, 0) is 14.4 Å². The van der Waals surface area contributed by atoms with Crippen molar-refractivity contribution in [2.24, 2.45) is 0 Å². The Morgan fingerprint density at radius 3 is 2.51 bits per heavy atom. The lowest BCUT2D eigenvalue weighted by molar-refractivity contribution is -0.125. The quantitative estimate of drug-likeness (QED) is 0.0348. The van der Waals surface area contributed by atoms with Gasteiger partial charge in [0, 0.05) is 86.7 Å². The summed E-state index contributed by atoms with van der Waals surface area (Å²) in [5, 5.41) is 12.2. The van der Waals surface area contributed by atoms with Gasteiger partial charge in [-0.05, 0) is 95.1 Å². The van der Waals surface area contributed by atoms with Crippen LogP contribution in [0.4, 0.5) is 27.3 Å². The van der Waals surface area contributed by atoms with Crippen molar-refractivity contribution in [2.45, 2.75) is 64.0 Å². The van der Waals surface area contributed by atoms with Gasteiger partial charge in [-0.15, -0.1) is 0 Å². The summed E-state index contributed by atoms with van der Waals surface area (Å²) in [5.41, 5.74) is 3.00. The Morgan fingerprint density at radius 1 is 0.954 bits per heavy atom. The van der Waals surface area contributed by atoms with Crippen LogP contribution in [0.1, 0.15) is 72.6 Å². The number of halogens is 2. The van der Waals surface area contributed by atoms with E-state index < -0.39 is 17.8 Å². The fourth-order valence-corrected chi connectivity index (χ4v) is 8.96. The van der Waals surface area contributed by atoms with E-state index in [1.54, 1.807) is 43.3 Å². The maximum Gasteiger partial charge on any atom is 0.263 e. The highest BCUT2D eigenvalue weighted by molar-refractivity contribution is 6.31. The van der Waals surface area contributed by atoms with Gasteiger partial charge in [-0.2, -0.15) is 0 Å². The number of piperazine rings is 1. The number of anilines is 4. The molecule has 0 radical (unpaired) electrons. The molecule has 0 aliphatic carbocycles. The van der Waals surface area contributed by atoms with Crippen molar-refractivity contribution in [1.29, 1.82) is 0 Å². The number of nitrogens with one attached hydrogen (secondary N) is 4. The fraction of sp³-hybridized carbons (Fsp3) is 0.426. The SMILES string of the molecule is COc1cc2ncnc(Nc3ccc(F)c(Cl)c3)c2cc1NC(=O)/C=C/CN1CCC(N2CCN(CCCCCNc3cccc4c3C(=O)N(C(C)CCC(=O)NC=O)C4=O)CC2)CC1. The molecule has 1 unspecified atom stereocenters. The third-order valence-corrected chi connectivity index (χ3v) is 12.7. The summed E-state index contributed by atoms with van der Waals surface area (Å²) < 4.78 is 19.3. The number of fused-ring (bicyclic) bond motifs is 2. The van der Waals surface area contributed by atoms with E-state index in [1.807, 2.05) is 12.1 Å². The molecule has 0 bridgehead atoms. The average Bonchev–Trinajstić information content (AvgIpc) is 3.57. The highest BCUT2D eigenvalue weighted by Crippen LogP contribution is 2.34. The zero-order chi connectivity index (χ0) is 45.9. The van der Waals surface area contributed by atoms with Crippen LogP contribution in [0.25, 0.3) is 10.9 Å². The van der Waals surface area contributed by atoms with Gasteiger partial charge in [0.05, 0.1) is 34.5 Å². The minimum Gasteiger partial charge on any atom is -0.494 e. The molecular weight excluding hydrogens is 855 g/mol. The molecule has 4 aromatic rings. The predicted molar refractivity (Wildman–Crippen MR) is 248 cm³/mol. The van der Waals surface area contributed by atoms with Gasteiger partial charge in [-0.1, -0.05) is 30.2 Å². The van der Waals surface area contributed by atoms with Crippen LogP contribution >= 0.6 is 11.6 Å². The summed E-state index contributed by atoms with van der Waals surface area (Å²) in [6.45, 7) is 10.3. The van der Waals surface area contributed by atoms with Crippen molar-refractivity contribution in [3.63, 3.8) is 0 Å². The highest BCUT2D eigenvalue weighted by atomic mass is 35.5. The number of ether oxygens (including phenoxy) is 1. The second-order valence-corrected chi connectivity index (χ2v) is 17.0. The summed E-state index contributed by atoms with van der Waals surface area (Å²) in [7, 11) is 1.53. The van der Waals surface area contributed by atoms with Crippen molar-refractivity contribution < 1.29 is 33.1 Å². The zero-order valence-corrected chi connectivity index (χ0v) is 37.5. The summed E-state index contributed by atoms with van der Waals surface area (Å²) in [6.07, 6.45) is 10.7. The van der Waals surface area contributed by atoms with E-state index in [0.29, 0.717) is 76.2 Å². The van der Waals surface area contributed by atoms with E-state index in [4.69, 9.17) is 16.3 Å². The van der Waals surface area contributed by atoms with Gasteiger partial charge in [-0.25, -0.2) is 14.4 Å². The number of rotatable bonds is 20. The summed E-state index contributed by atoms with van der Waals surface area (Å²) in [5.74, 6) is -1.07. The van der Waals surface area contributed by atoms with E-state index in [1.165, 1.54) is 30.5 Å². The predicted octanol–water partition coefficient (Wildman–Crippen LogP) is 6.07. The van der Waals surface area contributed by atoms with Gasteiger partial charge < -0.3 is 25.6 Å². The molecule has 2 saturated heterocycles. The largest absolute Gasteiger partial charge is 0.494 e. The van der Waals surface area contributed by atoms with E-state index in [9.17, 15) is 28.4 Å². The van der Waals surface area contributed by atoms with E-state index in [2.05, 4.69) is 45.9 Å². The number of carbonyl (C=O) groups excluding carboxylic acids is 5. The molecule has 1 aromatic heterocycles. The van der Waals surface area contributed by atoms with Crippen LogP contribution < -0.4 is 26.0 Å². The Morgan fingerprint density at radius 2 is 1.75 bits per heavy atom. The lowest BCUT2D eigenvalue weighted by atomic mass is 10.0. The van der Waals surface area contributed by atoms with Gasteiger partial charge in [-0.3, -0.25) is 44.0 Å². The third kappa shape index (κ3) is 11.8. The first-order valence-corrected chi connectivity index (χ1v) is 22.6. The molecule has 7 rings (SSSR count). The molecule has 3 aliphatic rings. The lowest BCUT2D eigenvalue weighted by Crippen LogP contribution is -2.53. The number of methoxy groups -OCH3 is 1. The van der Waals surface area contributed by atoms with Crippen LogP contribution in [0.15, 0.2) is 67.0 Å². The van der Waals surface area contributed by atoms with Gasteiger partial charge in [0.25, 0.3) is 11.8 Å². The monoisotopic (exact) mass is 910 g/mol. The second-order valence-electron chi connectivity index (χ2n) is 16.6. The Labute approximate surface area is 382 Å². The molecule has 3 aromatic carbocycles. The molecule has 4 heterocycles. The van der Waals surface area contributed by atoms with Gasteiger partial charge in [0.15, 0.2) is 0 Å². The number of nitrogens with zero attached hydrogens (tertiary/aromatic N) is 6. The van der Waals surface area contributed by atoms with Gasteiger partial charge >= 0.3 is 0 Å². The number of benzene rings is 3. The third-order valence-electron chi connectivity index (χ3n) is 12.4. The normalized spacial score (nSPS) is 16.8. The summed E-state index contributed by atoms with van der Waals surface area (Å²) in [6, 6.07) is 13.1. The van der Waals surface area contributed by atoms with Crippen LogP contribution in [0, 0.1) is 5.82 Å². The molecule has 16 nitrogen and oxygen atoms in total. The minimum atomic E-state index is -0.521. The fourth-order valence-electron chi connectivity index (χ4n) is 8.78. The number of imide groups is 2. The Hall–Kier alpha value is -6.01. The van der Waals surface area contributed by atoms with Crippen molar-refractivity contribution in [2.75, 3.05) is 82.0 Å². The van der Waals surface area contributed by atoms with E-state index in [-0.39, 0.29) is 35.6 Å². The van der Waals surface area contributed by atoms with Crippen molar-refractivity contribution in [1.82, 2.24) is 34.9 Å². The number of aromatic nitrogens is 2. The first-order valence-electron chi connectivity index (χ1n) is 22.2. The molecular formula is C47H56ClFN10O6. The number of hydrogen-bond acceptors (Lipinski definition) is 13. The highest BCUT2D eigenvalue weighted by Gasteiger charge is 2.40. The number of amides is 5. The lowest BCUT2D eigenvalue weighted by Gasteiger charge is -2.42. The molecule has 3 aliphatic heterocycles. The standard InChI is InChI=1S/C47H56ClFN10O6/c1-31(11-14-42(61)53-30-60)59-46(63)34-8-6-9-38(44(34)47(59)64)50-17-4-3-5-18-57-22-24-58(25-23-57)33-15-20-56(21-16-33)19-7-10-43(62)55-40-27-35-39(28-41(40)65-2)51-29-52-45(35)54-32-12-13-37(49)36(48)26-32/h6-10,12-13,26-31,33,50H,3-5,11,14-25H2,1-2H3,(H,55,62)(H,51,52,54)(H,53,60,61)/b10-7+. The molecule has 0 saturated carbocycles. The molecule has 18 heteroatoms. The molecule has 4 N–H and O–H groups in total. The number of piperidine rings is 1. The maximum absolute atomic E-state index is 13.7. The molecule has 344 valence electrons. The molecule has 2 fully saturated rings. The number of unbranched alkanes of at least 4 members (excludes halogenated alkanes) is 2. The maximum atomic E-state index is 13.7. The molecule has 65 heavy (non-hydrogen) atoms. The Balaban J connectivity index is 0.781. The van der Waals surface area contributed by atoms with E-state index in [0.717, 1.165) is 77.9 Å². The van der Waals surface area contributed by atoms with Crippen molar-refractivity contribution in [3.05, 3.63) is 89.0 Å². The van der Waals surface area contributed by atoms with Crippen LogP contribution in [0.5, 0.6) is 5.75 Å². The summed E-state index contributed by atoms with van der Waals surface area (Å²) in [4.78, 5) is 79.3. The number of carbonyl (C=O) groups is 5. The van der Waals surface area contributed by atoms with E-state index >= 15 is 0 Å². The number of hydrogen-bond donors (Lipinski definition) is 4. The van der Waals surface area contributed by atoms with Crippen molar-refractivity contribution in [3.8, 4) is 5.75 Å². The van der Waals surface area contributed by atoms with Crippen LogP contribution in [0.2, 0.25) is 5.02 Å². The molecule has 1 atom stereocenters. The topological polar surface area (TPSA) is 181 Å². The van der Waals surface area contributed by atoms with Crippen molar-refractivity contribution >= 4 is 75.4 Å². The first kappa shape index (κ1) is 47.0. The summed E-state index contributed by atoms with van der Waals surface area (Å²) >= 11 is 5.97. The van der Waals surface area contributed by atoms with Crippen LogP contribution in [0.3, 0.4) is 0 Å². The molecule has 5 amide bonds. The Kier molecular flexibility index (Phi) is 16.1. The van der Waals surface area contributed by atoms with Gasteiger partial charge in [0.2, 0.25) is 18.2 Å². The Bertz CT molecular complexity index is 2400. The molecule has 0 spiro atoms. The van der Waals surface area contributed by atoms with Gasteiger partial charge in [0.1, 0.15) is 23.7 Å².